The summed E-state index contributed by atoms with van der Waals surface area (Å²) in [6.07, 6.45) is 2.03. The van der Waals surface area contributed by atoms with Gasteiger partial charge in [-0.3, -0.25) is 14.5 Å². The number of nitrogens with zero attached hydrogens (tertiary/aromatic N) is 2. The molecular formula is C23H24BrN3O3S. The number of anilines is 1. The number of aryl methyl sites for hydroxylation is 1. The number of aliphatic imine (C=N–C) groups is 1. The molecule has 2 aliphatic rings. The van der Waals surface area contributed by atoms with Crippen LogP contribution >= 0.6 is 27.7 Å². The molecule has 0 saturated carbocycles. The smallest absolute Gasteiger partial charge is 0.242 e. The van der Waals surface area contributed by atoms with Crippen LogP contribution in [0.1, 0.15) is 24.8 Å². The lowest BCUT2D eigenvalue weighted by molar-refractivity contribution is -0.129. The topological polar surface area (TPSA) is 71.0 Å². The van der Waals surface area contributed by atoms with Crippen LogP contribution in [0, 0.1) is 6.92 Å². The Morgan fingerprint density at radius 1 is 1.26 bits per heavy atom. The monoisotopic (exact) mass is 501 g/mol. The van der Waals surface area contributed by atoms with Crippen LogP contribution in [0.2, 0.25) is 0 Å². The molecule has 0 radical (unpaired) electrons. The predicted molar refractivity (Wildman–Crippen MR) is 128 cm³/mol. The van der Waals surface area contributed by atoms with Crippen molar-refractivity contribution in [3.63, 3.8) is 0 Å². The number of amidine groups is 1. The first-order chi connectivity index (χ1) is 15.0. The van der Waals surface area contributed by atoms with Crippen molar-refractivity contribution >= 4 is 56.0 Å². The lowest BCUT2D eigenvalue weighted by atomic mass is 10.2. The number of para-hydroxylation sites is 2. The lowest BCUT2D eigenvalue weighted by Crippen LogP contribution is -2.38. The highest BCUT2D eigenvalue weighted by molar-refractivity contribution is 9.10. The van der Waals surface area contributed by atoms with Gasteiger partial charge in [-0.25, -0.2) is 4.99 Å². The molecule has 6 nitrogen and oxygen atoms in total. The number of benzene rings is 2. The normalized spacial score (nSPS) is 22.3. The molecule has 0 aliphatic carbocycles. The summed E-state index contributed by atoms with van der Waals surface area (Å²) >= 11 is 4.79. The molecule has 1 N–H and O–H groups in total. The Balaban J connectivity index is 1.52. The molecule has 2 atom stereocenters. The van der Waals surface area contributed by atoms with Gasteiger partial charge >= 0.3 is 0 Å². The average molecular weight is 502 g/mol. The highest BCUT2D eigenvalue weighted by Gasteiger charge is 2.40. The van der Waals surface area contributed by atoms with Gasteiger partial charge in [-0.05, 0) is 59.5 Å². The molecule has 2 unspecified atom stereocenters. The molecule has 2 aromatic rings. The molecule has 0 bridgehead atoms. The SMILES string of the molecule is Cc1ccccc1N=C1SC(CC(=O)Nc2ccccc2Br)C(=O)N1CC1CCCO1. The summed E-state index contributed by atoms with van der Waals surface area (Å²) in [5.41, 5.74) is 2.55. The Kier molecular flexibility index (Phi) is 7.09. The van der Waals surface area contributed by atoms with Gasteiger partial charge in [-0.1, -0.05) is 42.1 Å². The van der Waals surface area contributed by atoms with Crippen molar-refractivity contribution in [1.82, 2.24) is 4.90 Å². The van der Waals surface area contributed by atoms with Crippen molar-refractivity contribution < 1.29 is 14.3 Å². The van der Waals surface area contributed by atoms with E-state index in [1.165, 1.54) is 11.8 Å². The van der Waals surface area contributed by atoms with Crippen LogP contribution < -0.4 is 5.32 Å². The molecule has 8 heteroatoms. The summed E-state index contributed by atoms with van der Waals surface area (Å²) in [6, 6.07) is 15.2. The number of halogens is 1. The molecule has 4 rings (SSSR count). The summed E-state index contributed by atoms with van der Waals surface area (Å²) in [7, 11) is 0. The zero-order chi connectivity index (χ0) is 21.8. The van der Waals surface area contributed by atoms with Crippen molar-refractivity contribution in [2.45, 2.75) is 37.5 Å². The fourth-order valence-electron chi connectivity index (χ4n) is 3.61. The molecule has 2 saturated heterocycles. The maximum absolute atomic E-state index is 13.2. The van der Waals surface area contributed by atoms with E-state index in [0.29, 0.717) is 17.4 Å². The minimum Gasteiger partial charge on any atom is -0.376 e. The number of carbonyl (C=O) groups excluding carboxylic acids is 2. The highest BCUT2D eigenvalue weighted by atomic mass is 79.9. The summed E-state index contributed by atoms with van der Waals surface area (Å²) in [6.45, 7) is 3.19. The standard InChI is InChI=1S/C23H24BrN3O3S/c1-15-7-2-4-10-18(15)26-23-27(14-16-8-6-12-30-16)22(29)20(31-23)13-21(28)25-19-11-5-3-9-17(19)24/h2-5,7,9-11,16,20H,6,8,12-14H2,1H3,(H,25,28). The van der Waals surface area contributed by atoms with Gasteiger partial charge in [-0.2, -0.15) is 0 Å². The van der Waals surface area contributed by atoms with Gasteiger partial charge in [0.15, 0.2) is 5.17 Å². The van der Waals surface area contributed by atoms with Crippen molar-refractivity contribution in [2.24, 2.45) is 4.99 Å². The summed E-state index contributed by atoms with van der Waals surface area (Å²) in [4.78, 5) is 32.3. The largest absolute Gasteiger partial charge is 0.376 e. The minimum absolute atomic E-state index is 0.0134. The fourth-order valence-corrected chi connectivity index (χ4v) is 5.15. The van der Waals surface area contributed by atoms with E-state index < -0.39 is 5.25 Å². The second-order valence-corrected chi connectivity index (χ2v) is 9.63. The quantitative estimate of drug-likeness (QED) is 0.611. The summed E-state index contributed by atoms with van der Waals surface area (Å²) in [5, 5.41) is 3.01. The molecule has 2 amide bonds. The van der Waals surface area contributed by atoms with Crippen LogP contribution in [-0.2, 0) is 14.3 Å². The molecule has 0 spiro atoms. The fraction of sp³-hybridized carbons (Fsp3) is 0.348. The van der Waals surface area contributed by atoms with Gasteiger partial charge in [0.25, 0.3) is 0 Å². The summed E-state index contributed by atoms with van der Waals surface area (Å²) < 4.78 is 6.55. The van der Waals surface area contributed by atoms with Gasteiger partial charge in [0.2, 0.25) is 11.8 Å². The molecule has 162 valence electrons. The van der Waals surface area contributed by atoms with Crippen LogP contribution in [0.4, 0.5) is 11.4 Å². The van der Waals surface area contributed by atoms with Crippen LogP contribution in [0.5, 0.6) is 0 Å². The van der Waals surface area contributed by atoms with E-state index in [0.717, 1.165) is 35.2 Å². The Labute approximate surface area is 194 Å². The molecule has 2 aliphatic heterocycles. The molecule has 2 aromatic carbocycles. The van der Waals surface area contributed by atoms with Gasteiger partial charge in [0.1, 0.15) is 5.25 Å². The predicted octanol–water partition coefficient (Wildman–Crippen LogP) is 4.90. The van der Waals surface area contributed by atoms with E-state index >= 15 is 0 Å². The molecule has 2 heterocycles. The third-order valence-corrected chi connectivity index (χ3v) is 7.15. The third-order valence-electron chi connectivity index (χ3n) is 5.28. The summed E-state index contributed by atoms with van der Waals surface area (Å²) in [5.74, 6) is -0.290. The van der Waals surface area contributed by atoms with Crippen molar-refractivity contribution in [3.05, 3.63) is 58.6 Å². The Hall–Kier alpha value is -2.16. The van der Waals surface area contributed by atoms with Crippen molar-refractivity contribution in [2.75, 3.05) is 18.5 Å². The minimum atomic E-state index is -0.508. The van der Waals surface area contributed by atoms with Crippen LogP contribution in [0.15, 0.2) is 58.0 Å². The first-order valence-corrected chi connectivity index (χ1v) is 12.0. The molecular weight excluding hydrogens is 478 g/mol. The first kappa shape index (κ1) is 22.0. The Bertz CT molecular complexity index is 1010. The molecule has 2 fully saturated rings. The van der Waals surface area contributed by atoms with Crippen LogP contribution in [0.3, 0.4) is 0 Å². The number of hydrogen-bond acceptors (Lipinski definition) is 5. The van der Waals surface area contributed by atoms with Crippen molar-refractivity contribution in [3.8, 4) is 0 Å². The highest BCUT2D eigenvalue weighted by Crippen LogP contribution is 2.34. The number of amides is 2. The first-order valence-electron chi connectivity index (χ1n) is 10.3. The van der Waals surface area contributed by atoms with Crippen LogP contribution in [0.25, 0.3) is 0 Å². The molecule has 0 aromatic heterocycles. The zero-order valence-electron chi connectivity index (χ0n) is 17.2. The van der Waals surface area contributed by atoms with Gasteiger partial charge in [0, 0.05) is 17.5 Å². The third kappa shape index (κ3) is 5.37. The maximum atomic E-state index is 13.2. The molecule has 31 heavy (non-hydrogen) atoms. The number of hydrogen-bond donors (Lipinski definition) is 1. The van der Waals surface area contributed by atoms with E-state index in [9.17, 15) is 9.59 Å². The van der Waals surface area contributed by atoms with Crippen molar-refractivity contribution in [1.29, 1.82) is 0 Å². The number of carbonyl (C=O) groups is 2. The number of rotatable bonds is 6. The second kappa shape index (κ2) is 9.97. The maximum Gasteiger partial charge on any atom is 0.242 e. The van der Waals surface area contributed by atoms with E-state index in [1.807, 2.05) is 55.5 Å². The van der Waals surface area contributed by atoms with Gasteiger partial charge in [-0.15, -0.1) is 0 Å². The van der Waals surface area contributed by atoms with Crippen LogP contribution in [-0.4, -0.2) is 46.4 Å². The van der Waals surface area contributed by atoms with E-state index in [2.05, 4.69) is 21.2 Å². The lowest BCUT2D eigenvalue weighted by Gasteiger charge is -2.20. The second-order valence-electron chi connectivity index (χ2n) is 7.60. The average Bonchev–Trinajstić information content (AvgIpc) is 3.36. The van der Waals surface area contributed by atoms with E-state index in [-0.39, 0.29) is 24.3 Å². The Morgan fingerprint density at radius 2 is 2.03 bits per heavy atom. The van der Waals surface area contributed by atoms with E-state index in [4.69, 9.17) is 9.73 Å². The van der Waals surface area contributed by atoms with Gasteiger partial charge in [0.05, 0.1) is 24.0 Å². The number of thioether (sulfide) groups is 1. The number of ether oxygens (including phenoxy) is 1. The zero-order valence-corrected chi connectivity index (χ0v) is 19.6. The van der Waals surface area contributed by atoms with Gasteiger partial charge < -0.3 is 10.1 Å². The Morgan fingerprint density at radius 3 is 2.77 bits per heavy atom. The number of nitrogens with one attached hydrogen (secondary N) is 1. The van der Waals surface area contributed by atoms with E-state index in [1.54, 1.807) is 4.90 Å².